The van der Waals surface area contributed by atoms with Gasteiger partial charge in [0.1, 0.15) is 5.75 Å². The Morgan fingerprint density at radius 2 is 1.75 bits per heavy atom. The third-order valence-corrected chi connectivity index (χ3v) is 3.68. The third-order valence-electron chi connectivity index (χ3n) is 2.86. The lowest BCUT2D eigenvalue weighted by Crippen LogP contribution is -2.00. The molecule has 0 radical (unpaired) electrons. The van der Waals surface area contributed by atoms with Crippen LogP contribution in [0.1, 0.15) is 11.1 Å². The van der Waals surface area contributed by atoms with Crippen molar-refractivity contribution in [1.82, 2.24) is 0 Å². The lowest BCUT2D eigenvalue weighted by molar-refractivity contribution is -0.130. The van der Waals surface area contributed by atoms with Crippen molar-refractivity contribution >= 4 is 29.4 Å². The molecule has 0 unspecified atom stereocenters. The van der Waals surface area contributed by atoms with Crippen LogP contribution in [0.15, 0.2) is 53.4 Å². The van der Waals surface area contributed by atoms with Gasteiger partial charge in [-0.3, -0.25) is 0 Å². The van der Waals surface area contributed by atoms with E-state index in [0.717, 1.165) is 10.5 Å². The zero-order chi connectivity index (χ0) is 14.5. The fourth-order valence-electron chi connectivity index (χ4n) is 1.90. The van der Waals surface area contributed by atoms with E-state index in [0.29, 0.717) is 5.56 Å². The summed E-state index contributed by atoms with van der Waals surface area (Å²) in [6.07, 6.45) is 3.52. The third kappa shape index (κ3) is 3.03. The minimum Gasteiger partial charge on any atom is -0.507 e. The maximum Gasteiger partial charge on any atom is 0.336 e. The lowest BCUT2D eigenvalue weighted by atomic mass is 10.0. The molecular weight excluding hydrogens is 272 g/mol. The lowest BCUT2D eigenvalue weighted by Gasteiger charge is -2.07. The number of hydrogen-bond acceptors (Lipinski definition) is 3. The molecule has 0 amide bonds. The fraction of sp³-hybridized carbons (Fsp3) is 0.0625. The van der Waals surface area contributed by atoms with Gasteiger partial charge in [0, 0.05) is 10.5 Å². The number of hydrogen-bond donors (Lipinski definition) is 2. The number of phenolic OH excluding ortho intramolecular Hbond substituents is 1. The Labute approximate surface area is 121 Å². The van der Waals surface area contributed by atoms with Gasteiger partial charge in [-0.25, -0.2) is 4.79 Å². The molecule has 20 heavy (non-hydrogen) atoms. The zero-order valence-corrected chi connectivity index (χ0v) is 11.7. The predicted octanol–water partition coefficient (Wildman–Crippen LogP) is 3.74. The number of thioether (sulfide) groups is 1. The van der Waals surface area contributed by atoms with E-state index in [1.165, 1.54) is 6.07 Å². The molecule has 102 valence electrons. The van der Waals surface area contributed by atoms with Gasteiger partial charge in [0.2, 0.25) is 0 Å². The quantitative estimate of drug-likeness (QED) is 0.510. The van der Waals surface area contributed by atoms with Gasteiger partial charge in [-0.1, -0.05) is 36.4 Å². The average molecular weight is 286 g/mol. The zero-order valence-electron chi connectivity index (χ0n) is 10.9. The van der Waals surface area contributed by atoms with Crippen molar-refractivity contribution in [2.75, 3.05) is 6.26 Å². The molecule has 0 aliphatic carbocycles. The Morgan fingerprint density at radius 1 is 1.10 bits per heavy atom. The van der Waals surface area contributed by atoms with E-state index in [-0.39, 0.29) is 11.3 Å². The summed E-state index contributed by atoms with van der Waals surface area (Å²) in [6, 6.07) is 14.0. The molecule has 2 aromatic carbocycles. The molecule has 0 spiro atoms. The summed E-state index contributed by atoms with van der Waals surface area (Å²) in [5.74, 6) is -1.11. The van der Waals surface area contributed by atoms with Gasteiger partial charge in [-0.2, -0.15) is 0 Å². The molecule has 2 rings (SSSR count). The van der Waals surface area contributed by atoms with Crippen LogP contribution in [0, 0.1) is 0 Å². The van der Waals surface area contributed by atoms with E-state index >= 15 is 0 Å². The first-order chi connectivity index (χ1) is 9.63. The summed E-state index contributed by atoms with van der Waals surface area (Å²) in [7, 11) is 0. The summed E-state index contributed by atoms with van der Waals surface area (Å²) >= 11 is 1.55. The van der Waals surface area contributed by atoms with Crippen molar-refractivity contribution in [3.05, 3.63) is 59.7 Å². The molecule has 0 bridgehead atoms. The summed E-state index contributed by atoms with van der Waals surface area (Å²) in [5, 5.41) is 19.2. The van der Waals surface area contributed by atoms with Crippen molar-refractivity contribution in [3.8, 4) is 5.75 Å². The van der Waals surface area contributed by atoms with E-state index in [4.69, 9.17) is 0 Å². The molecule has 2 N–H and O–H groups in total. The number of aromatic hydroxyl groups is 1. The standard InChI is InChI=1S/C16H14O3S/c1-20-15-9-5-2-6-11(15)10-13(16(18)19)12-7-3-4-8-14(12)17/h2-10,17H,1H3,(H,18,19)/b13-10-. The van der Waals surface area contributed by atoms with E-state index in [1.54, 1.807) is 36.0 Å². The number of rotatable bonds is 4. The molecule has 3 nitrogen and oxygen atoms in total. The van der Waals surface area contributed by atoms with Gasteiger partial charge in [-0.15, -0.1) is 11.8 Å². The minimum atomic E-state index is -1.07. The summed E-state index contributed by atoms with van der Waals surface area (Å²) < 4.78 is 0. The first kappa shape index (κ1) is 14.2. The number of carbonyl (C=O) groups is 1. The SMILES string of the molecule is CSc1ccccc1/C=C(\C(=O)O)c1ccccc1O. The second-order valence-corrected chi connectivity index (χ2v) is 4.97. The van der Waals surface area contributed by atoms with Crippen molar-refractivity contribution in [1.29, 1.82) is 0 Å². The molecule has 0 saturated heterocycles. The molecule has 0 aliphatic heterocycles. The van der Waals surface area contributed by atoms with Gasteiger partial charge < -0.3 is 10.2 Å². The Morgan fingerprint density at radius 3 is 2.40 bits per heavy atom. The van der Waals surface area contributed by atoms with Crippen LogP contribution in [0.3, 0.4) is 0 Å². The van der Waals surface area contributed by atoms with Crippen molar-refractivity contribution in [2.45, 2.75) is 4.90 Å². The number of carboxylic acid groups (broad SMARTS) is 1. The maximum absolute atomic E-state index is 11.5. The normalized spacial score (nSPS) is 11.3. The maximum atomic E-state index is 11.5. The van der Waals surface area contributed by atoms with Crippen LogP contribution in [-0.4, -0.2) is 22.4 Å². The summed E-state index contributed by atoms with van der Waals surface area (Å²) in [5.41, 5.74) is 1.21. The van der Waals surface area contributed by atoms with Crippen LogP contribution in [0.4, 0.5) is 0 Å². The van der Waals surface area contributed by atoms with E-state index in [2.05, 4.69) is 0 Å². The molecule has 0 heterocycles. The largest absolute Gasteiger partial charge is 0.507 e. The number of aliphatic carboxylic acids is 1. The van der Waals surface area contributed by atoms with Gasteiger partial charge in [0.05, 0.1) is 5.57 Å². The second kappa shape index (κ2) is 6.30. The smallest absolute Gasteiger partial charge is 0.336 e. The van der Waals surface area contributed by atoms with Crippen molar-refractivity contribution in [3.63, 3.8) is 0 Å². The molecule has 0 aliphatic rings. The molecular formula is C16H14O3S. The monoisotopic (exact) mass is 286 g/mol. The highest BCUT2D eigenvalue weighted by molar-refractivity contribution is 7.98. The Bertz CT molecular complexity index is 662. The highest BCUT2D eigenvalue weighted by Gasteiger charge is 2.14. The van der Waals surface area contributed by atoms with Crippen LogP contribution < -0.4 is 0 Å². The first-order valence-corrected chi connectivity index (χ1v) is 7.22. The minimum absolute atomic E-state index is 0.0391. The summed E-state index contributed by atoms with van der Waals surface area (Å²) in [6.45, 7) is 0. The second-order valence-electron chi connectivity index (χ2n) is 4.12. The van der Waals surface area contributed by atoms with Gasteiger partial charge in [0.15, 0.2) is 0 Å². The van der Waals surface area contributed by atoms with Gasteiger partial charge in [0.25, 0.3) is 0 Å². The summed E-state index contributed by atoms with van der Waals surface area (Å²) in [4.78, 5) is 12.5. The van der Waals surface area contributed by atoms with E-state index < -0.39 is 5.97 Å². The number of para-hydroxylation sites is 1. The molecule has 0 fully saturated rings. The van der Waals surface area contributed by atoms with Crippen LogP contribution >= 0.6 is 11.8 Å². The first-order valence-electron chi connectivity index (χ1n) is 6.00. The molecule has 0 atom stereocenters. The van der Waals surface area contributed by atoms with Crippen molar-refractivity contribution in [2.24, 2.45) is 0 Å². The van der Waals surface area contributed by atoms with Crippen molar-refractivity contribution < 1.29 is 15.0 Å². The van der Waals surface area contributed by atoms with Crippen LogP contribution in [0.5, 0.6) is 5.75 Å². The topological polar surface area (TPSA) is 57.5 Å². The Kier molecular flexibility index (Phi) is 4.48. The van der Waals surface area contributed by atoms with Crippen LogP contribution in [0.2, 0.25) is 0 Å². The molecule has 4 heteroatoms. The molecule has 2 aromatic rings. The number of carboxylic acids is 1. The Hall–Kier alpha value is -2.20. The van der Waals surface area contributed by atoms with Gasteiger partial charge in [-0.05, 0) is 30.0 Å². The van der Waals surface area contributed by atoms with Gasteiger partial charge >= 0.3 is 5.97 Å². The number of phenols is 1. The number of benzene rings is 2. The van der Waals surface area contributed by atoms with Crippen LogP contribution in [0.25, 0.3) is 11.6 Å². The highest BCUT2D eigenvalue weighted by Crippen LogP contribution is 2.29. The van der Waals surface area contributed by atoms with E-state index in [1.807, 2.05) is 30.5 Å². The highest BCUT2D eigenvalue weighted by atomic mass is 32.2. The van der Waals surface area contributed by atoms with E-state index in [9.17, 15) is 15.0 Å². The Balaban J connectivity index is 2.57. The molecule has 0 saturated carbocycles. The fourth-order valence-corrected chi connectivity index (χ4v) is 2.47. The average Bonchev–Trinajstić information content (AvgIpc) is 2.46. The predicted molar refractivity (Wildman–Crippen MR) is 81.8 cm³/mol. The molecule has 0 aromatic heterocycles. The van der Waals surface area contributed by atoms with Crippen LogP contribution in [-0.2, 0) is 4.79 Å².